The molecule has 0 unspecified atom stereocenters. The highest BCUT2D eigenvalue weighted by Gasteiger charge is 2.32. The van der Waals surface area contributed by atoms with Crippen LogP contribution in [0.4, 0.5) is 23.4 Å². The molecule has 0 saturated carbocycles. The van der Waals surface area contributed by atoms with Crippen LogP contribution >= 0.6 is 0 Å². The van der Waals surface area contributed by atoms with Crippen LogP contribution in [-0.2, 0) is 12.8 Å². The van der Waals surface area contributed by atoms with Crippen molar-refractivity contribution in [3.05, 3.63) is 46.9 Å². The minimum absolute atomic E-state index is 0.00860. The molecule has 0 aliphatic carbocycles. The number of nitrogens with zero attached hydrogens (tertiary/aromatic N) is 4. The molecule has 4 heterocycles. The third-order valence-electron chi connectivity index (χ3n) is 5.66. The van der Waals surface area contributed by atoms with Gasteiger partial charge >= 0.3 is 6.18 Å². The summed E-state index contributed by atoms with van der Waals surface area (Å²) < 4.78 is 55.9. The van der Waals surface area contributed by atoms with E-state index in [1.165, 1.54) is 16.8 Å². The lowest BCUT2D eigenvalue weighted by atomic mass is 10.0. The number of anilines is 1. The van der Waals surface area contributed by atoms with Gasteiger partial charge in [0.1, 0.15) is 17.7 Å². The van der Waals surface area contributed by atoms with Gasteiger partial charge in [0, 0.05) is 24.8 Å². The normalized spacial score (nSPS) is 19.1. The van der Waals surface area contributed by atoms with Gasteiger partial charge in [-0.25, -0.2) is 8.91 Å². The first-order valence-electron chi connectivity index (χ1n) is 10.6. The summed E-state index contributed by atoms with van der Waals surface area (Å²) in [4.78, 5) is 13.3. The molecule has 1 aliphatic rings. The van der Waals surface area contributed by atoms with Crippen LogP contribution in [0, 0.1) is 11.8 Å². The number of H-pyrrole nitrogens is 1. The molecule has 8 nitrogen and oxygen atoms in total. The fraction of sp³-hybridized carbons (Fsp3) is 0.409. The average Bonchev–Trinajstić information content (AvgIpc) is 3.35. The van der Waals surface area contributed by atoms with E-state index in [1.54, 1.807) is 12.1 Å². The predicted octanol–water partition coefficient (Wildman–Crippen LogP) is 2.31. The Labute approximate surface area is 192 Å². The number of rotatable bonds is 5. The Hall–Kier alpha value is -3.59. The second-order valence-corrected chi connectivity index (χ2v) is 8.23. The molecular weight excluding hydrogens is 454 g/mol. The Morgan fingerprint density at radius 3 is 2.88 bits per heavy atom. The summed E-state index contributed by atoms with van der Waals surface area (Å²) in [6.07, 6.45) is -4.97. The Morgan fingerprint density at radius 2 is 2.18 bits per heavy atom. The van der Waals surface area contributed by atoms with Crippen molar-refractivity contribution >= 4 is 17.2 Å². The zero-order valence-electron chi connectivity index (χ0n) is 18.3. The van der Waals surface area contributed by atoms with Gasteiger partial charge in [0.15, 0.2) is 0 Å². The van der Waals surface area contributed by atoms with Gasteiger partial charge < -0.3 is 16.0 Å². The van der Waals surface area contributed by atoms with Crippen molar-refractivity contribution in [1.29, 1.82) is 0 Å². The molecular formula is C22H23F4N7O. The molecule has 1 amide bonds. The molecule has 3 aromatic heterocycles. The predicted molar refractivity (Wildman–Crippen MR) is 117 cm³/mol. The maximum absolute atomic E-state index is 14.5. The number of hydrogen-bond donors (Lipinski definition) is 3. The fourth-order valence-corrected chi connectivity index (χ4v) is 3.99. The van der Waals surface area contributed by atoms with Crippen molar-refractivity contribution < 1.29 is 22.4 Å². The lowest BCUT2D eigenvalue weighted by Crippen LogP contribution is -2.46. The first-order chi connectivity index (χ1) is 16.1. The number of piperidine rings is 1. The molecule has 4 rings (SSSR count). The highest BCUT2D eigenvalue weighted by molar-refractivity contribution is 5.93. The summed E-state index contributed by atoms with van der Waals surface area (Å²) in [6, 6.07) is 4.27. The van der Waals surface area contributed by atoms with Crippen LogP contribution in [0.5, 0.6) is 0 Å². The third-order valence-corrected chi connectivity index (χ3v) is 5.66. The fourth-order valence-electron chi connectivity index (χ4n) is 3.99. The van der Waals surface area contributed by atoms with E-state index >= 15 is 0 Å². The topological polar surface area (TPSA) is 104 Å². The molecule has 180 valence electrons. The molecule has 0 aromatic carbocycles. The molecule has 0 spiro atoms. The highest BCUT2D eigenvalue weighted by Crippen LogP contribution is 2.28. The molecule has 0 bridgehead atoms. The van der Waals surface area contributed by atoms with Crippen molar-refractivity contribution in [2.45, 2.75) is 37.7 Å². The molecule has 12 heteroatoms. The number of nitrogens with one attached hydrogen (secondary N) is 2. The Morgan fingerprint density at radius 1 is 1.38 bits per heavy atom. The number of aromatic amines is 1. The van der Waals surface area contributed by atoms with Crippen molar-refractivity contribution in [3.63, 3.8) is 0 Å². The minimum Gasteiger partial charge on any atom is -0.365 e. The number of fused-ring (bicyclic) bond motifs is 1. The van der Waals surface area contributed by atoms with Crippen LogP contribution in [0.15, 0.2) is 24.4 Å². The average molecular weight is 477 g/mol. The second-order valence-electron chi connectivity index (χ2n) is 8.23. The quantitative estimate of drug-likeness (QED) is 0.387. The van der Waals surface area contributed by atoms with Gasteiger partial charge in [-0.05, 0) is 31.5 Å². The number of nitrogens with two attached hydrogens (primary N) is 1. The standard InChI is InChI=1S/C22H23F4N7O/c1-32-9-8-18(15(23)12-32)29-20-7-3-6-19-13(10-22(24,25)26)17(31-33(19)20)5-2-4-16-14(21(27)34)11-28-30-16/h3,6-7,11,15,18,29H,4,8-10,12H2,1H3,(H2,27,34)(H,28,30)/t15-,18+/m0/s1. The van der Waals surface area contributed by atoms with E-state index in [0.29, 0.717) is 24.5 Å². The van der Waals surface area contributed by atoms with E-state index in [4.69, 9.17) is 5.73 Å². The third kappa shape index (κ3) is 5.14. The second kappa shape index (κ2) is 9.34. The van der Waals surface area contributed by atoms with Gasteiger partial charge in [-0.3, -0.25) is 9.89 Å². The monoisotopic (exact) mass is 477 g/mol. The number of carbonyl (C=O) groups is 1. The van der Waals surface area contributed by atoms with Crippen LogP contribution in [0.1, 0.15) is 33.7 Å². The number of aromatic nitrogens is 4. The zero-order chi connectivity index (χ0) is 24.5. The maximum Gasteiger partial charge on any atom is 0.393 e. The van der Waals surface area contributed by atoms with Crippen LogP contribution < -0.4 is 11.1 Å². The number of likely N-dealkylation sites (tertiary alicyclic amines) is 1. The van der Waals surface area contributed by atoms with Crippen LogP contribution in [0.25, 0.3) is 5.52 Å². The van der Waals surface area contributed by atoms with E-state index in [-0.39, 0.29) is 35.3 Å². The van der Waals surface area contributed by atoms with E-state index in [2.05, 4.69) is 32.5 Å². The summed E-state index contributed by atoms with van der Waals surface area (Å²) in [5, 5.41) is 13.8. The van der Waals surface area contributed by atoms with Gasteiger partial charge in [-0.1, -0.05) is 12.0 Å². The molecule has 3 aromatic rings. The Bertz CT molecular complexity index is 1250. The van der Waals surface area contributed by atoms with Gasteiger partial charge in [0.2, 0.25) is 0 Å². The molecule has 1 fully saturated rings. The van der Waals surface area contributed by atoms with Crippen molar-refractivity contribution in [2.75, 3.05) is 25.5 Å². The first kappa shape index (κ1) is 23.6. The first-order valence-corrected chi connectivity index (χ1v) is 10.6. The van der Waals surface area contributed by atoms with Gasteiger partial charge in [0.25, 0.3) is 5.91 Å². The largest absolute Gasteiger partial charge is 0.393 e. The highest BCUT2D eigenvalue weighted by atomic mass is 19.4. The molecule has 0 radical (unpaired) electrons. The van der Waals surface area contributed by atoms with Crippen LogP contribution in [0.3, 0.4) is 0 Å². The molecule has 2 atom stereocenters. The summed E-state index contributed by atoms with van der Waals surface area (Å²) in [5.74, 6) is 5.10. The number of carbonyl (C=O) groups excluding carboxylic acids is 1. The Kier molecular flexibility index (Phi) is 6.47. The lowest BCUT2D eigenvalue weighted by molar-refractivity contribution is -0.127. The van der Waals surface area contributed by atoms with Crippen molar-refractivity contribution in [2.24, 2.45) is 5.73 Å². The van der Waals surface area contributed by atoms with Gasteiger partial charge in [-0.15, -0.1) is 0 Å². The van der Waals surface area contributed by atoms with E-state index in [9.17, 15) is 22.4 Å². The summed E-state index contributed by atoms with van der Waals surface area (Å²) in [5.41, 5.74) is 5.82. The molecule has 34 heavy (non-hydrogen) atoms. The van der Waals surface area contributed by atoms with E-state index in [0.717, 1.165) is 0 Å². The summed E-state index contributed by atoms with van der Waals surface area (Å²) in [7, 11) is 1.83. The lowest BCUT2D eigenvalue weighted by Gasteiger charge is -2.33. The summed E-state index contributed by atoms with van der Waals surface area (Å²) in [6.45, 7) is 0.965. The maximum atomic E-state index is 14.5. The molecule has 4 N–H and O–H groups in total. The number of halogens is 4. The summed E-state index contributed by atoms with van der Waals surface area (Å²) >= 11 is 0. The zero-order valence-corrected chi connectivity index (χ0v) is 18.3. The van der Waals surface area contributed by atoms with E-state index in [1.807, 2.05) is 11.9 Å². The van der Waals surface area contributed by atoms with Crippen molar-refractivity contribution in [1.82, 2.24) is 24.7 Å². The number of primary amides is 1. The molecule has 1 saturated heterocycles. The number of pyridine rings is 1. The SMILES string of the molecule is CN1CC[C@@H](Nc2cccc3c(CC(F)(F)F)c(C#CCc4n[nH]cc4C(N)=O)nn23)[C@@H](F)C1. The van der Waals surface area contributed by atoms with Gasteiger partial charge in [-0.2, -0.15) is 23.4 Å². The Balaban J connectivity index is 1.68. The number of hydrogen-bond acceptors (Lipinski definition) is 5. The van der Waals surface area contributed by atoms with Gasteiger partial charge in [0.05, 0.1) is 35.7 Å². The van der Waals surface area contributed by atoms with Crippen molar-refractivity contribution in [3.8, 4) is 11.8 Å². The van der Waals surface area contributed by atoms with Crippen LogP contribution in [0.2, 0.25) is 0 Å². The van der Waals surface area contributed by atoms with E-state index < -0.39 is 30.7 Å². The smallest absolute Gasteiger partial charge is 0.365 e. The number of alkyl halides is 4. The minimum atomic E-state index is -4.48. The molecule has 1 aliphatic heterocycles. The van der Waals surface area contributed by atoms with Crippen LogP contribution in [-0.4, -0.2) is 69.1 Å². The number of amides is 1.